The van der Waals surface area contributed by atoms with Gasteiger partial charge in [0.2, 0.25) is 0 Å². The number of nitrogens with zero attached hydrogens (tertiary/aromatic N) is 2. The highest BCUT2D eigenvalue weighted by atomic mass is 16.2. The summed E-state index contributed by atoms with van der Waals surface area (Å²) in [6.07, 6.45) is 7.77. The fraction of sp³-hybridized carbons (Fsp3) is 0.227. The summed E-state index contributed by atoms with van der Waals surface area (Å²) in [7, 11) is 4.08. The Morgan fingerprint density at radius 1 is 1.10 bits per heavy atom. The lowest BCUT2D eigenvalue weighted by atomic mass is 10.1. The molecule has 0 saturated carbocycles. The molecule has 1 aromatic heterocycles. The van der Waals surface area contributed by atoms with E-state index in [1.54, 1.807) is 36.7 Å². The monoisotopic (exact) mass is 393 g/mol. The summed E-state index contributed by atoms with van der Waals surface area (Å²) in [6.45, 7) is 1.86. The van der Waals surface area contributed by atoms with Gasteiger partial charge in [0.25, 0.3) is 5.91 Å². The molecule has 4 N–H and O–H groups in total. The Balaban J connectivity index is 1.99. The summed E-state index contributed by atoms with van der Waals surface area (Å²) in [5.41, 5.74) is 8.58. The number of anilines is 1. The van der Waals surface area contributed by atoms with Gasteiger partial charge in [-0.3, -0.25) is 14.6 Å². The number of aromatic nitrogens is 1. The summed E-state index contributed by atoms with van der Waals surface area (Å²) in [5, 5.41) is 5.94. The Morgan fingerprint density at radius 2 is 1.79 bits per heavy atom. The Kier molecular flexibility index (Phi) is 8.59. The molecule has 0 bridgehead atoms. The summed E-state index contributed by atoms with van der Waals surface area (Å²) in [4.78, 5) is 30.0. The zero-order valence-electron chi connectivity index (χ0n) is 16.8. The first-order valence-electron chi connectivity index (χ1n) is 9.32. The molecular weight excluding hydrogens is 366 g/mol. The minimum absolute atomic E-state index is 0.120. The Morgan fingerprint density at radius 3 is 2.38 bits per heavy atom. The van der Waals surface area contributed by atoms with Crippen molar-refractivity contribution in [2.24, 2.45) is 5.73 Å². The lowest BCUT2D eigenvalue weighted by Crippen LogP contribution is -2.23. The maximum absolute atomic E-state index is 12.5. The molecule has 0 fully saturated rings. The van der Waals surface area contributed by atoms with E-state index < -0.39 is 0 Å². The van der Waals surface area contributed by atoms with E-state index in [1.807, 2.05) is 26.2 Å². The van der Waals surface area contributed by atoms with Crippen LogP contribution in [-0.2, 0) is 4.79 Å². The van der Waals surface area contributed by atoms with Crippen molar-refractivity contribution in [3.05, 3.63) is 77.9 Å². The van der Waals surface area contributed by atoms with E-state index in [4.69, 9.17) is 5.73 Å². The Hall–Kier alpha value is -3.45. The first kappa shape index (κ1) is 21.8. The highest BCUT2D eigenvalue weighted by Gasteiger charge is 2.09. The maximum atomic E-state index is 12.5. The average Bonchev–Trinajstić information content (AvgIpc) is 2.75. The van der Waals surface area contributed by atoms with Crippen molar-refractivity contribution in [3.8, 4) is 0 Å². The van der Waals surface area contributed by atoms with E-state index >= 15 is 0 Å². The molecule has 0 aliphatic heterocycles. The normalized spacial score (nSPS) is 12.0. The van der Waals surface area contributed by atoms with Crippen LogP contribution in [0.15, 0.2) is 66.8 Å². The lowest BCUT2D eigenvalue weighted by Gasteiger charge is -2.11. The first-order chi connectivity index (χ1) is 14.0. The van der Waals surface area contributed by atoms with Crippen molar-refractivity contribution < 1.29 is 9.59 Å². The topological polar surface area (TPSA) is 100 Å². The minimum Gasteiger partial charge on any atom is -0.404 e. The highest BCUT2D eigenvalue weighted by Crippen LogP contribution is 2.15. The molecule has 152 valence electrons. The molecular formula is C22H27N5O2. The maximum Gasteiger partial charge on any atom is 0.255 e. The number of benzene rings is 1. The molecule has 2 rings (SSSR count). The molecule has 7 heteroatoms. The number of carbonyl (C=O) groups is 2. The molecule has 1 aromatic carbocycles. The van der Waals surface area contributed by atoms with Gasteiger partial charge in [-0.2, -0.15) is 0 Å². The zero-order chi connectivity index (χ0) is 21.1. The van der Waals surface area contributed by atoms with Gasteiger partial charge >= 0.3 is 0 Å². The lowest BCUT2D eigenvalue weighted by molar-refractivity contribution is -0.105. The molecule has 2 aromatic rings. The van der Waals surface area contributed by atoms with E-state index in [9.17, 15) is 9.59 Å². The van der Waals surface area contributed by atoms with Gasteiger partial charge < -0.3 is 21.3 Å². The first-order valence-corrected chi connectivity index (χ1v) is 9.32. The van der Waals surface area contributed by atoms with Crippen LogP contribution in [0, 0.1) is 0 Å². The summed E-state index contributed by atoms with van der Waals surface area (Å²) < 4.78 is 0. The van der Waals surface area contributed by atoms with Gasteiger partial charge in [-0.05, 0) is 80.7 Å². The van der Waals surface area contributed by atoms with Crippen LogP contribution < -0.4 is 16.4 Å². The number of nitrogens with one attached hydrogen (secondary N) is 2. The number of allylic oxidation sites excluding steroid dienone is 3. The second-order valence-corrected chi connectivity index (χ2v) is 6.69. The van der Waals surface area contributed by atoms with Crippen molar-refractivity contribution in [1.29, 1.82) is 0 Å². The summed E-state index contributed by atoms with van der Waals surface area (Å²) >= 11 is 0. The van der Waals surface area contributed by atoms with Crippen LogP contribution in [-0.4, -0.2) is 49.3 Å². The summed E-state index contributed by atoms with van der Waals surface area (Å²) in [5.74, 6) is -0.367. The molecule has 29 heavy (non-hydrogen) atoms. The molecule has 0 spiro atoms. The van der Waals surface area contributed by atoms with E-state index in [0.29, 0.717) is 17.4 Å². The fourth-order valence-electron chi connectivity index (χ4n) is 2.61. The number of nitrogens with two attached hydrogens (primary N) is 1. The third-order valence-electron chi connectivity index (χ3n) is 4.15. The van der Waals surface area contributed by atoms with E-state index in [0.717, 1.165) is 30.8 Å². The van der Waals surface area contributed by atoms with Gasteiger partial charge in [0.05, 0.1) is 5.70 Å². The number of hydrogen-bond acceptors (Lipinski definition) is 6. The quantitative estimate of drug-likeness (QED) is 0.248. The van der Waals surface area contributed by atoms with Crippen molar-refractivity contribution in [2.75, 3.05) is 32.5 Å². The number of aldehydes is 1. The molecule has 0 radical (unpaired) electrons. The van der Waals surface area contributed by atoms with Crippen LogP contribution in [0.25, 0.3) is 5.57 Å². The van der Waals surface area contributed by atoms with Gasteiger partial charge in [0.15, 0.2) is 6.29 Å². The second kappa shape index (κ2) is 11.4. The fourth-order valence-corrected chi connectivity index (χ4v) is 2.61. The van der Waals surface area contributed by atoms with Crippen LogP contribution in [0.3, 0.4) is 0 Å². The number of amides is 1. The second-order valence-electron chi connectivity index (χ2n) is 6.69. The highest BCUT2D eigenvalue weighted by molar-refractivity contribution is 5.99. The largest absolute Gasteiger partial charge is 0.404 e. The Labute approximate surface area is 171 Å². The van der Waals surface area contributed by atoms with Crippen LogP contribution in [0.4, 0.5) is 5.69 Å². The molecule has 0 aliphatic carbocycles. The molecule has 0 saturated heterocycles. The van der Waals surface area contributed by atoms with Crippen LogP contribution in [0.5, 0.6) is 0 Å². The summed E-state index contributed by atoms with van der Waals surface area (Å²) in [6, 6.07) is 10.7. The zero-order valence-corrected chi connectivity index (χ0v) is 16.8. The van der Waals surface area contributed by atoms with Crippen molar-refractivity contribution in [3.63, 3.8) is 0 Å². The number of carbonyl (C=O) groups excluding carboxylic acids is 2. The van der Waals surface area contributed by atoms with Gasteiger partial charge in [0, 0.05) is 36.4 Å². The number of pyridine rings is 1. The van der Waals surface area contributed by atoms with Crippen molar-refractivity contribution in [1.82, 2.24) is 15.2 Å². The van der Waals surface area contributed by atoms with Crippen LogP contribution in [0.2, 0.25) is 0 Å². The van der Waals surface area contributed by atoms with Gasteiger partial charge in [-0.25, -0.2) is 0 Å². The van der Waals surface area contributed by atoms with Crippen LogP contribution in [0.1, 0.15) is 22.3 Å². The molecule has 1 heterocycles. The van der Waals surface area contributed by atoms with Crippen molar-refractivity contribution in [2.45, 2.75) is 6.42 Å². The SMILES string of the molecule is CN(C)CCCNc1ccc(C(=O)NC(C=O)=CC(=CN)c2ccncc2)cc1. The van der Waals surface area contributed by atoms with Gasteiger partial charge in [0.1, 0.15) is 0 Å². The van der Waals surface area contributed by atoms with Crippen molar-refractivity contribution >= 4 is 23.5 Å². The standard InChI is InChI=1S/C22H27N5O2/c1-27(2)13-3-10-25-20-6-4-18(5-7-20)22(29)26-21(16-28)14-19(15-23)17-8-11-24-12-9-17/h4-9,11-12,14-16,25H,3,10,13,23H2,1-2H3,(H,26,29). The van der Waals surface area contributed by atoms with Gasteiger partial charge in [-0.1, -0.05) is 0 Å². The molecule has 0 aliphatic rings. The number of rotatable bonds is 10. The predicted molar refractivity (Wildman–Crippen MR) is 116 cm³/mol. The van der Waals surface area contributed by atoms with E-state index in [1.165, 1.54) is 12.3 Å². The van der Waals surface area contributed by atoms with E-state index in [-0.39, 0.29) is 11.6 Å². The predicted octanol–water partition coefficient (Wildman–Crippen LogP) is 2.26. The minimum atomic E-state index is -0.367. The molecule has 0 unspecified atom stereocenters. The molecule has 0 atom stereocenters. The number of hydrogen-bond donors (Lipinski definition) is 3. The third-order valence-corrected chi connectivity index (χ3v) is 4.15. The van der Waals surface area contributed by atoms with Gasteiger partial charge in [-0.15, -0.1) is 0 Å². The average molecular weight is 393 g/mol. The third kappa shape index (κ3) is 7.23. The van der Waals surface area contributed by atoms with E-state index in [2.05, 4.69) is 20.5 Å². The molecule has 7 nitrogen and oxygen atoms in total. The Bertz CT molecular complexity index is 859. The van der Waals surface area contributed by atoms with Crippen LogP contribution >= 0.6 is 0 Å². The smallest absolute Gasteiger partial charge is 0.255 e. The molecule has 1 amide bonds.